The lowest BCUT2D eigenvalue weighted by Gasteiger charge is -2.26. The molecule has 0 unspecified atom stereocenters. The van der Waals surface area contributed by atoms with E-state index >= 15 is 0 Å². The van der Waals surface area contributed by atoms with Crippen LogP contribution in [0.4, 0.5) is 11.8 Å². The predicted molar refractivity (Wildman–Crippen MR) is 64.6 cm³/mol. The standard InChI is InChI=1S/C11H19N5/c1-9(2)13-10-8-12-15-11(14-10)16-6-4-3-5-7-16/h8-9H,3-7H2,1-2H3,(H,13,14,15). The first kappa shape index (κ1) is 11.1. The summed E-state index contributed by atoms with van der Waals surface area (Å²) in [7, 11) is 0. The second kappa shape index (κ2) is 5.09. The van der Waals surface area contributed by atoms with Crippen molar-refractivity contribution in [2.75, 3.05) is 23.3 Å². The molecule has 0 radical (unpaired) electrons. The third kappa shape index (κ3) is 2.81. The number of piperidine rings is 1. The number of nitrogens with one attached hydrogen (secondary N) is 1. The molecule has 0 aromatic carbocycles. The van der Waals surface area contributed by atoms with Gasteiger partial charge in [-0.3, -0.25) is 0 Å². The molecular weight excluding hydrogens is 202 g/mol. The van der Waals surface area contributed by atoms with E-state index in [1.165, 1.54) is 19.3 Å². The summed E-state index contributed by atoms with van der Waals surface area (Å²) in [4.78, 5) is 6.69. The van der Waals surface area contributed by atoms with Crippen LogP contribution in [0.1, 0.15) is 33.1 Å². The fourth-order valence-electron chi connectivity index (χ4n) is 1.89. The van der Waals surface area contributed by atoms with Crippen molar-refractivity contribution in [1.29, 1.82) is 0 Å². The summed E-state index contributed by atoms with van der Waals surface area (Å²) in [6, 6.07) is 0.367. The summed E-state index contributed by atoms with van der Waals surface area (Å²) in [5.74, 6) is 1.57. The number of anilines is 2. The molecule has 0 saturated carbocycles. The van der Waals surface area contributed by atoms with Crippen LogP contribution < -0.4 is 10.2 Å². The third-order valence-corrected chi connectivity index (χ3v) is 2.62. The monoisotopic (exact) mass is 221 g/mol. The summed E-state index contributed by atoms with van der Waals surface area (Å²) >= 11 is 0. The lowest BCUT2D eigenvalue weighted by molar-refractivity contribution is 0.565. The second-order valence-corrected chi connectivity index (χ2v) is 4.49. The van der Waals surface area contributed by atoms with Crippen molar-refractivity contribution >= 4 is 11.8 Å². The largest absolute Gasteiger partial charge is 0.366 e. The number of aromatic nitrogens is 3. The van der Waals surface area contributed by atoms with Crippen molar-refractivity contribution in [2.24, 2.45) is 0 Å². The molecule has 1 fully saturated rings. The van der Waals surface area contributed by atoms with Crippen LogP contribution in [0, 0.1) is 0 Å². The molecule has 16 heavy (non-hydrogen) atoms. The van der Waals surface area contributed by atoms with Gasteiger partial charge in [-0.1, -0.05) is 0 Å². The number of nitrogens with zero attached hydrogens (tertiary/aromatic N) is 4. The molecule has 88 valence electrons. The molecule has 1 aromatic heterocycles. The van der Waals surface area contributed by atoms with Crippen molar-refractivity contribution in [3.63, 3.8) is 0 Å². The Balaban J connectivity index is 2.08. The topological polar surface area (TPSA) is 53.9 Å². The highest BCUT2D eigenvalue weighted by Crippen LogP contribution is 2.16. The fraction of sp³-hybridized carbons (Fsp3) is 0.727. The minimum Gasteiger partial charge on any atom is -0.366 e. The highest BCUT2D eigenvalue weighted by molar-refractivity contribution is 5.39. The molecule has 0 amide bonds. The first-order valence-electron chi connectivity index (χ1n) is 5.97. The summed E-state index contributed by atoms with van der Waals surface area (Å²) in [5.41, 5.74) is 0. The van der Waals surface area contributed by atoms with E-state index in [1.54, 1.807) is 6.20 Å². The zero-order valence-corrected chi connectivity index (χ0v) is 9.98. The van der Waals surface area contributed by atoms with E-state index in [4.69, 9.17) is 0 Å². The smallest absolute Gasteiger partial charge is 0.247 e. The summed E-state index contributed by atoms with van der Waals surface area (Å²) in [6.07, 6.45) is 5.44. The van der Waals surface area contributed by atoms with Crippen LogP contribution in [-0.4, -0.2) is 34.3 Å². The summed E-state index contributed by atoms with van der Waals surface area (Å²) in [6.45, 7) is 6.27. The molecule has 5 heteroatoms. The lowest BCUT2D eigenvalue weighted by Crippen LogP contribution is -2.31. The van der Waals surface area contributed by atoms with E-state index < -0.39 is 0 Å². The molecule has 0 spiro atoms. The van der Waals surface area contributed by atoms with E-state index in [9.17, 15) is 0 Å². The molecule has 1 N–H and O–H groups in total. The van der Waals surface area contributed by atoms with E-state index in [0.29, 0.717) is 6.04 Å². The van der Waals surface area contributed by atoms with Crippen LogP contribution in [0.3, 0.4) is 0 Å². The lowest BCUT2D eigenvalue weighted by atomic mass is 10.1. The average molecular weight is 221 g/mol. The normalized spacial score (nSPS) is 16.6. The molecule has 2 rings (SSSR count). The van der Waals surface area contributed by atoms with Gasteiger partial charge in [0.15, 0.2) is 5.82 Å². The third-order valence-electron chi connectivity index (χ3n) is 2.62. The summed E-state index contributed by atoms with van der Waals surface area (Å²) in [5, 5.41) is 11.3. The Hall–Kier alpha value is -1.39. The highest BCUT2D eigenvalue weighted by Gasteiger charge is 2.14. The van der Waals surface area contributed by atoms with Gasteiger partial charge in [0.2, 0.25) is 5.95 Å². The molecule has 2 heterocycles. The Kier molecular flexibility index (Phi) is 3.54. The van der Waals surface area contributed by atoms with Gasteiger partial charge in [0.25, 0.3) is 0 Å². The number of hydrogen-bond donors (Lipinski definition) is 1. The van der Waals surface area contributed by atoms with E-state index in [2.05, 4.69) is 39.2 Å². The first-order chi connectivity index (χ1) is 7.75. The Bertz CT molecular complexity index is 333. The van der Waals surface area contributed by atoms with E-state index in [0.717, 1.165) is 24.9 Å². The molecule has 0 atom stereocenters. The molecular formula is C11H19N5. The predicted octanol–water partition coefficient (Wildman–Crippen LogP) is 1.68. The van der Waals surface area contributed by atoms with Gasteiger partial charge < -0.3 is 10.2 Å². The van der Waals surface area contributed by atoms with Gasteiger partial charge in [-0.15, -0.1) is 5.10 Å². The molecule has 1 saturated heterocycles. The second-order valence-electron chi connectivity index (χ2n) is 4.49. The van der Waals surface area contributed by atoms with Crippen molar-refractivity contribution < 1.29 is 0 Å². The maximum Gasteiger partial charge on any atom is 0.247 e. The van der Waals surface area contributed by atoms with Gasteiger partial charge in [-0.2, -0.15) is 10.1 Å². The van der Waals surface area contributed by atoms with Crippen LogP contribution in [0.5, 0.6) is 0 Å². The van der Waals surface area contributed by atoms with Crippen molar-refractivity contribution in [2.45, 2.75) is 39.2 Å². The SMILES string of the molecule is CC(C)Nc1cnnc(N2CCCCC2)n1. The number of rotatable bonds is 3. The zero-order valence-electron chi connectivity index (χ0n) is 9.98. The van der Waals surface area contributed by atoms with Gasteiger partial charge in [0.1, 0.15) is 0 Å². The Morgan fingerprint density at radius 1 is 1.25 bits per heavy atom. The minimum absolute atomic E-state index is 0.367. The quantitative estimate of drug-likeness (QED) is 0.841. The fourth-order valence-corrected chi connectivity index (χ4v) is 1.89. The Morgan fingerprint density at radius 3 is 2.69 bits per heavy atom. The van der Waals surface area contributed by atoms with Crippen LogP contribution in [0.2, 0.25) is 0 Å². The van der Waals surface area contributed by atoms with Crippen LogP contribution in [-0.2, 0) is 0 Å². The zero-order chi connectivity index (χ0) is 11.4. The molecule has 0 aliphatic carbocycles. The molecule has 1 aliphatic rings. The molecule has 1 aliphatic heterocycles. The Labute approximate surface area is 96.3 Å². The van der Waals surface area contributed by atoms with Crippen LogP contribution in [0.15, 0.2) is 6.20 Å². The highest BCUT2D eigenvalue weighted by atomic mass is 15.3. The van der Waals surface area contributed by atoms with E-state index in [1.807, 2.05) is 0 Å². The van der Waals surface area contributed by atoms with Gasteiger partial charge >= 0.3 is 0 Å². The average Bonchev–Trinajstić information content (AvgIpc) is 2.30. The first-order valence-corrected chi connectivity index (χ1v) is 5.97. The number of hydrogen-bond acceptors (Lipinski definition) is 5. The van der Waals surface area contributed by atoms with Gasteiger partial charge in [0, 0.05) is 19.1 Å². The van der Waals surface area contributed by atoms with Gasteiger partial charge in [0.05, 0.1) is 6.20 Å². The van der Waals surface area contributed by atoms with Gasteiger partial charge in [-0.25, -0.2) is 0 Å². The Morgan fingerprint density at radius 2 is 2.00 bits per heavy atom. The summed E-state index contributed by atoms with van der Waals surface area (Å²) < 4.78 is 0. The van der Waals surface area contributed by atoms with Crippen LogP contribution in [0.25, 0.3) is 0 Å². The van der Waals surface area contributed by atoms with Crippen molar-refractivity contribution in [3.8, 4) is 0 Å². The van der Waals surface area contributed by atoms with Gasteiger partial charge in [-0.05, 0) is 33.1 Å². The maximum absolute atomic E-state index is 4.48. The van der Waals surface area contributed by atoms with E-state index in [-0.39, 0.29) is 0 Å². The molecule has 0 bridgehead atoms. The molecule has 5 nitrogen and oxygen atoms in total. The maximum atomic E-state index is 4.48. The molecule has 1 aromatic rings. The van der Waals surface area contributed by atoms with Crippen LogP contribution >= 0.6 is 0 Å². The minimum atomic E-state index is 0.367. The van der Waals surface area contributed by atoms with Crippen molar-refractivity contribution in [1.82, 2.24) is 15.2 Å². The van der Waals surface area contributed by atoms with Crippen molar-refractivity contribution in [3.05, 3.63) is 6.20 Å².